The van der Waals surface area contributed by atoms with E-state index in [-0.39, 0.29) is 5.92 Å². The Morgan fingerprint density at radius 1 is 1.57 bits per heavy atom. The number of rotatable bonds is 4. The van der Waals surface area contributed by atoms with E-state index in [9.17, 15) is 4.79 Å². The first-order valence-corrected chi connectivity index (χ1v) is 5.64. The van der Waals surface area contributed by atoms with Crippen LogP contribution in [-0.4, -0.2) is 12.9 Å². The lowest BCUT2D eigenvalue weighted by Crippen LogP contribution is -1.98. The maximum Gasteiger partial charge on any atom is 0.132 e. The monoisotopic (exact) mass is 304 g/mol. The molecule has 76 valence electrons. The summed E-state index contributed by atoms with van der Waals surface area (Å²) in [5.74, 6) is 0.797. The molecule has 1 aromatic carbocycles. The molecule has 0 aromatic heterocycles. The minimum Gasteiger partial charge on any atom is -0.493 e. The Labute approximate surface area is 97.8 Å². The van der Waals surface area contributed by atoms with Crippen molar-refractivity contribution in [1.29, 1.82) is 0 Å². The zero-order valence-corrected chi connectivity index (χ0v) is 10.4. The number of hydrogen-bond acceptors (Lipinski definition) is 2. The summed E-state index contributed by atoms with van der Waals surface area (Å²) in [4.78, 5) is 10.6. The minimum atomic E-state index is -0.0637. The highest BCUT2D eigenvalue weighted by Crippen LogP contribution is 2.25. The van der Waals surface area contributed by atoms with Gasteiger partial charge in [-0.1, -0.05) is 13.0 Å². The molecule has 0 bridgehead atoms. The SMILES string of the molecule is CCOc1cc(C(C)C=O)ccc1I. The molecule has 14 heavy (non-hydrogen) atoms. The lowest BCUT2D eigenvalue weighted by Gasteiger charge is -2.09. The van der Waals surface area contributed by atoms with E-state index >= 15 is 0 Å². The van der Waals surface area contributed by atoms with Crippen molar-refractivity contribution in [2.24, 2.45) is 0 Å². The molecular formula is C11H13IO2. The molecule has 3 heteroatoms. The van der Waals surface area contributed by atoms with Gasteiger partial charge in [0.05, 0.1) is 10.2 Å². The van der Waals surface area contributed by atoms with Crippen molar-refractivity contribution in [1.82, 2.24) is 0 Å². The molecule has 1 atom stereocenters. The van der Waals surface area contributed by atoms with Crippen molar-refractivity contribution in [3.8, 4) is 5.75 Å². The summed E-state index contributed by atoms with van der Waals surface area (Å²) >= 11 is 2.22. The lowest BCUT2D eigenvalue weighted by atomic mass is 10.0. The Morgan fingerprint density at radius 3 is 2.86 bits per heavy atom. The van der Waals surface area contributed by atoms with Gasteiger partial charge in [-0.15, -0.1) is 0 Å². The molecule has 0 heterocycles. The standard InChI is InChI=1S/C11H13IO2/c1-3-14-11-6-9(8(2)7-13)4-5-10(11)12/h4-8H,3H2,1-2H3. The number of halogens is 1. The van der Waals surface area contributed by atoms with E-state index in [1.807, 2.05) is 32.0 Å². The normalized spacial score (nSPS) is 12.2. The number of aldehydes is 1. The fourth-order valence-corrected chi connectivity index (χ4v) is 1.64. The van der Waals surface area contributed by atoms with E-state index < -0.39 is 0 Å². The maximum absolute atomic E-state index is 10.6. The van der Waals surface area contributed by atoms with E-state index in [0.29, 0.717) is 6.61 Å². The molecule has 2 nitrogen and oxygen atoms in total. The molecule has 0 aliphatic rings. The molecule has 1 rings (SSSR count). The molecule has 0 N–H and O–H groups in total. The molecule has 0 amide bonds. The fraction of sp³-hybridized carbons (Fsp3) is 0.364. The van der Waals surface area contributed by atoms with Gasteiger partial charge in [-0.3, -0.25) is 0 Å². The van der Waals surface area contributed by atoms with Gasteiger partial charge in [-0.2, -0.15) is 0 Å². The smallest absolute Gasteiger partial charge is 0.132 e. The third-order valence-corrected chi connectivity index (χ3v) is 2.88. The zero-order chi connectivity index (χ0) is 10.6. The molecule has 0 aliphatic carbocycles. The lowest BCUT2D eigenvalue weighted by molar-refractivity contribution is -0.108. The summed E-state index contributed by atoms with van der Waals surface area (Å²) in [6.45, 7) is 4.48. The highest BCUT2D eigenvalue weighted by atomic mass is 127. The highest BCUT2D eigenvalue weighted by Gasteiger charge is 2.07. The largest absolute Gasteiger partial charge is 0.493 e. The Bertz CT molecular complexity index is 323. The summed E-state index contributed by atoms with van der Waals surface area (Å²) in [5, 5.41) is 0. The zero-order valence-electron chi connectivity index (χ0n) is 8.29. The van der Waals surface area contributed by atoms with Crippen LogP contribution in [0.1, 0.15) is 25.3 Å². The van der Waals surface area contributed by atoms with Crippen LogP contribution in [0.25, 0.3) is 0 Å². The first-order chi connectivity index (χ1) is 6.69. The Balaban J connectivity index is 2.99. The molecule has 0 spiro atoms. The summed E-state index contributed by atoms with van der Waals surface area (Å²) in [6, 6.07) is 5.87. The Kier molecular flexibility index (Phi) is 4.38. The quantitative estimate of drug-likeness (QED) is 0.631. The third-order valence-electron chi connectivity index (χ3n) is 1.99. The first kappa shape index (κ1) is 11.5. The second-order valence-electron chi connectivity index (χ2n) is 3.05. The van der Waals surface area contributed by atoms with Gasteiger partial charge in [-0.25, -0.2) is 0 Å². The molecule has 0 saturated heterocycles. The molecular weight excluding hydrogens is 291 g/mol. The van der Waals surface area contributed by atoms with Crippen molar-refractivity contribution in [3.05, 3.63) is 27.3 Å². The van der Waals surface area contributed by atoms with Gasteiger partial charge in [-0.05, 0) is 47.2 Å². The highest BCUT2D eigenvalue weighted by molar-refractivity contribution is 14.1. The van der Waals surface area contributed by atoms with Crippen molar-refractivity contribution in [2.75, 3.05) is 6.61 Å². The van der Waals surface area contributed by atoms with Gasteiger partial charge in [0.2, 0.25) is 0 Å². The second kappa shape index (κ2) is 5.34. The maximum atomic E-state index is 10.6. The average molecular weight is 304 g/mol. The van der Waals surface area contributed by atoms with E-state index in [2.05, 4.69) is 22.6 Å². The van der Waals surface area contributed by atoms with E-state index in [4.69, 9.17) is 4.74 Å². The predicted octanol–water partition coefficient (Wildman–Crippen LogP) is 2.99. The van der Waals surface area contributed by atoms with E-state index in [0.717, 1.165) is 21.2 Å². The predicted molar refractivity (Wildman–Crippen MR) is 64.8 cm³/mol. The van der Waals surface area contributed by atoms with Crippen LogP contribution in [0.3, 0.4) is 0 Å². The number of carbonyl (C=O) groups is 1. The topological polar surface area (TPSA) is 26.3 Å². The summed E-state index contributed by atoms with van der Waals surface area (Å²) in [7, 11) is 0. The van der Waals surface area contributed by atoms with Crippen molar-refractivity contribution in [3.63, 3.8) is 0 Å². The first-order valence-electron chi connectivity index (χ1n) is 4.56. The number of carbonyl (C=O) groups excluding carboxylic acids is 1. The van der Waals surface area contributed by atoms with E-state index in [1.165, 1.54) is 0 Å². The molecule has 0 saturated carbocycles. The Morgan fingerprint density at radius 2 is 2.29 bits per heavy atom. The number of ether oxygens (including phenoxy) is 1. The Hall–Kier alpha value is -0.580. The van der Waals surface area contributed by atoms with Gasteiger partial charge in [0, 0.05) is 5.92 Å². The molecule has 0 aliphatic heterocycles. The van der Waals surface area contributed by atoms with Crippen LogP contribution in [0.5, 0.6) is 5.75 Å². The van der Waals surface area contributed by atoms with E-state index in [1.54, 1.807) is 0 Å². The second-order valence-corrected chi connectivity index (χ2v) is 4.21. The summed E-state index contributed by atoms with van der Waals surface area (Å²) in [5.41, 5.74) is 1.00. The summed E-state index contributed by atoms with van der Waals surface area (Å²) in [6.07, 6.45) is 0.942. The van der Waals surface area contributed by atoms with Gasteiger partial charge >= 0.3 is 0 Å². The number of hydrogen-bond donors (Lipinski definition) is 0. The van der Waals surface area contributed by atoms with Crippen LogP contribution in [0.2, 0.25) is 0 Å². The van der Waals surface area contributed by atoms with Crippen molar-refractivity contribution < 1.29 is 9.53 Å². The number of benzene rings is 1. The van der Waals surface area contributed by atoms with Crippen molar-refractivity contribution >= 4 is 28.9 Å². The third kappa shape index (κ3) is 2.70. The minimum absolute atomic E-state index is 0.0637. The summed E-state index contributed by atoms with van der Waals surface area (Å²) < 4.78 is 6.52. The van der Waals surface area contributed by atoms with Crippen LogP contribution in [0, 0.1) is 3.57 Å². The van der Waals surface area contributed by atoms with Crippen LogP contribution >= 0.6 is 22.6 Å². The molecule has 0 fully saturated rings. The van der Waals surface area contributed by atoms with Crippen LogP contribution < -0.4 is 4.74 Å². The molecule has 0 radical (unpaired) electrons. The van der Waals surface area contributed by atoms with Gasteiger partial charge in [0.15, 0.2) is 0 Å². The van der Waals surface area contributed by atoms with Crippen molar-refractivity contribution in [2.45, 2.75) is 19.8 Å². The molecule has 1 unspecified atom stereocenters. The van der Waals surface area contributed by atoms with Crippen LogP contribution in [0.4, 0.5) is 0 Å². The van der Waals surface area contributed by atoms with Crippen LogP contribution in [-0.2, 0) is 4.79 Å². The fourth-order valence-electron chi connectivity index (χ4n) is 1.15. The van der Waals surface area contributed by atoms with Gasteiger partial charge in [0.1, 0.15) is 12.0 Å². The average Bonchev–Trinajstić information content (AvgIpc) is 2.20. The van der Waals surface area contributed by atoms with Gasteiger partial charge < -0.3 is 9.53 Å². The molecule has 1 aromatic rings. The van der Waals surface area contributed by atoms with Crippen LogP contribution in [0.15, 0.2) is 18.2 Å². The van der Waals surface area contributed by atoms with Gasteiger partial charge in [0.25, 0.3) is 0 Å².